The fourth-order valence-electron chi connectivity index (χ4n) is 4.19. The summed E-state index contributed by atoms with van der Waals surface area (Å²) >= 11 is 1.63. The van der Waals surface area contributed by atoms with E-state index < -0.39 is 0 Å². The molecule has 0 spiro atoms. The predicted molar refractivity (Wildman–Crippen MR) is 134 cm³/mol. The van der Waals surface area contributed by atoms with Crippen molar-refractivity contribution in [1.82, 2.24) is 4.98 Å². The first-order chi connectivity index (χ1) is 14.4. The number of hydrogen-bond donors (Lipinski definition) is 1. The smallest absolute Gasteiger partial charge is 0.0761 e. The third-order valence-corrected chi connectivity index (χ3v) is 6.17. The standard InChI is InChI=1S/C27H32N2S/c1-8-10-23-19(5)26(29-30-7)25(27-21(9-2)16-13-18(4)28-27)20(6)24(23)22-14-11-17(3)12-15-22/h8,11-16,29H,1,9-10H2,2-7H3. The van der Waals surface area contributed by atoms with Gasteiger partial charge in [0.15, 0.2) is 0 Å². The number of pyridine rings is 1. The third-order valence-electron chi connectivity index (χ3n) is 5.76. The van der Waals surface area contributed by atoms with Crippen molar-refractivity contribution in [2.24, 2.45) is 0 Å². The first-order valence-electron chi connectivity index (χ1n) is 10.5. The van der Waals surface area contributed by atoms with E-state index in [0.29, 0.717) is 0 Å². The number of anilines is 1. The summed E-state index contributed by atoms with van der Waals surface area (Å²) in [6.07, 6.45) is 5.86. The van der Waals surface area contributed by atoms with E-state index in [-0.39, 0.29) is 0 Å². The number of aryl methyl sites for hydroxylation is 3. The Morgan fingerprint density at radius 1 is 0.967 bits per heavy atom. The van der Waals surface area contributed by atoms with Crippen molar-refractivity contribution in [3.63, 3.8) is 0 Å². The zero-order valence-corrected chi connectivity index (χ0v) is 19.8. The SMILES string of the molecule is C=CCc1c(C)c(NSC)c(-c2nc(C)ccc2CC)c(C)c1-c1ccc(C)cc1. The number of rotatable bonds is 7. The molecule has 2 nitrogen and oxygen atoms in total. The summed E-state index contributed by atoms with van der Waals surface area (Å²) in [5.41, 5.74) is 13.5. The van der Waals surface area contributed by atoms with Crippen LogP contribution in [0.5, 0.6) is 0 Å². The van der Waals surface area contributed by atoms with Crippen LogP contribution in [0.4, 0.5) is 5.69 Å². The number of aromatic nitrogens is 1. The second kappa shape index (κ2) is 9.53. The Kier molecular flexibility index (Phi) is 7.04. The topological polar surface area (TPSA) is 24.9 Å². The van der Waals surface area contributed by atoms with Gasteiger partial charge in [-0.3, -0.25) is 4.98 Å². The van der Waals surface area contributed by atoms with E-state index in [1.54, 1.807) is 11.9 Å². The molecular formula is C27H32N2S. The lowest BCUT2D eigenvalue weighted by Crippen LogP contribution is -2.06. The minimum absolute atomic E-state index is 0.834. The molecule has 1 N–H and O–H groups in total. The lowest BCUT2D eigenvalue weighted by Gasteiger charge is -2.25. The molecule has 0 saturated carbocycles. The van der Waals surface area contributed by atoms with Gasteiger partial charge in [0.1, 0.15) is 0 Å². The number of hydrogen-bond acceptors (Lipinski definition) is 3. The molecule has 0 unspecified atom stereocenters. The molecule has 0 amide bonds. The van der Waals surface area contributed by atoms with Gasteiger partial charge in [-0.05, 0) is 80.0 Å². The van der Waals surface area contributed by atoms with Crippen LogP contribution in [0.2, 0.25) is 0 Å². The summed E-state index contributed by atoms with van der Waals surface area (Å²) < 4.78 is 3.58. The van der Waals surface area contributed by atoms with Crippen molar-refractivity contribution in [1.29, 1.82) is 0 Å². The van der Waals surface area contributed by atoms with E-state index in [1.165, 1.54) is 50.2 Å². The molecular weight excluding hydrogens is 384 g/mol. The van der Waals surface area contributed by atoms with Crippen molar-refractivity contribution in [3.8, 4) is 22.4 Å². The lowest BCUT2D eigenvalue weighted by molar-refractivity contribution is 1.08. The van der Waals surface area contributed by atoms with Crippen LogP contribution in [0, 0.1) is 27.7 Å². The molecule has 0 bridgehead atoms. The lowest BCUT2D eigenvalue weighted by atomic mass is 9.83. The highest BCUT2D eigenvalue weighted by atomic mass is 32.2. The van der Waals surface area contributed by atoms with Gasteiger partial charge in [-0.25, -0.2) is 0 Å². The second-order valence-corrected chi connectivity index (χ2v) is 8.44. The van der Waals surface area contributed by atoms with Crippen molar-refractivity contribution in [2.75, 3.05) is 11.0 Å². The normalized spacial score (nSPS) is 10.9. The Morgan fingerprint density at radius 3 is 2.27 bits per heavy atom. The van der Waals surface area contributed by atoms with E-state index in [1.807, 2.05) is 6.08 Å². The molecule has 2 aromatic carbocycles. The molecule has 0 atom stereocenters. The van der Waals surface area contributed by atoms with Crippen LogP contribution in [0.15, 0.2) is 49.1 Å². The average Bonchev–Trinajstić information content (AvgIpc) is 2.73. The number of nitrogens with one attached hydrogen (secondary N) is 1. The zero-order valence-electron chi connectivity index (χ0n) is 19.0. The molecule has 0 saturated heterocycles. The molecule has 3 aromatic rings. The van der Waals surface area contributed by atoms with Gasteiger partial charge in [0.05, 0.1) is 11.4 Å². The van der Waals surface area contributed by atoms with Crippen LogP contribution in [0.3, 0.4) is 0 Å². The Labute approximate surface area is 186 Å². The van der Waals surface area contributed by atoms with Crippen LogP contribution >= 0.6 is 11.9 Å². The molecule has 30 heavy (non-hydrogen) atoms. The summed E-state index contributed by atoms with van der Waals surface area (Å²) in [7, 11) is 0. The molecule has 0 aliphatic rings. The quantitative estimate of drug-likeness (QED) is 0.316. The van der Waals surface area contributed by atoms with Crippen molar-refractivity contribution >= 4 is 17.6 Å². The summed E-state index contributed by atoms with van der Waals surface area (Å²) in [6.45, 7) is 14.9. The molecule has 3 rings (SSSR count). The van der Waals surface area contributed by atoms with Gasteiger partial charge in [0.25, 0.3) is 0 Å². The highest BCUT2D eigenvalue weighted by Gasteiger charge is 2.23. The third kappa shape index (κ3) is 4.17. The van der Waals surface area contributed by atoms with E-state index >= 15 is 0 Å². The van der Waals surface area contributed by atoms with E-state index in [2.05, 4.69) is 88.6 Å². The summed E-state index contributed by atoms with van der Waals surface area (Å²) in [6, 6.07) is 13.2. The van der Waals surface area contributed by atoms with Crippen molar-refractivity contribution < 1.29 is 0 Å². The minimum atomic E-state index is 0.834. The first-order valence-corrected chi connectivity index (χ1v) is 11.7. The van der Waals surface area contributed by atoms with Crippen LogP contribution in [0.1, 0.15) is 40.4 Å². The van der Waals surface area contributed by atoms with Crippen LogP contribution in [-0.2, 0) is 12.8 Å². The average molecular weight is 417 g/mol. The number of nitrogens with zero attached hydrogens (tertiary/aromatic N) is 1. The molecule has 156 valence electrons. The zero-order chi connectivity index (χ0) is 21.8. The van der Waals surface area contributed by atoms with Crippen LogP contribution in [0.25, 0.3) is 22.4 Å². The van der Waals surface area contributed by atoms with Crippen LogP contribution in [-0.4, -0.2) is 11.2 Å². The molecule has 0 radical (unpaired) electrons. The number of benzene rings is 2. The molecule has 0 aliphatic heterocycles. The minimum Gasteiger partial charge on any atom is -0.329 e. The van der Waals surface area contributed by atoms with Crippen molar-refractivity contribution in [3.05, 3.63) is 82.6 Å². The largest absolute Gasteiger partial charge is 0.329 e. The van der Waals surface area contributed by atoms with Gasteiger partial charge in [0.2, 0.25) is 0 Å². The monoisotopic (exact) mass is 416 g/mol. The second-order valence-electron chi connectivity index (χ2n) is 7.83. The molecule has 0 aliphatic carbocycles. The van der Waals surface area contributed by atoms with Gasteiger partial charge < -0.3 is 4.72 Å². The Morgan fingerprint density at radius 2 is 1.67 bits per heavy atom. The Bertz CT molecular complexity index is 1070. The van der Waals surface area contributed by atoms with Gasteiger partial charge in [-0.2, -0.15) is 0 Å². The highest BCUT2D eigenvalue weighted by Crippen LogP contribution is 2.44. The van der Waals surface area contributed by atoms with Gasteiger partial charge in [0, 0.05) is 17.5 Å². The van der Waals surface area contributed by atoms with Crippen molar-refractivity contribution in [2.45, 2.75) is 47.5 Å². The van der Waals surface area contributed by atoms with E-state index in [0.717, 1.165) is 24.2 Å². The highest BCUT2D eigenvalue weighted by molar-refractivity contribution is 7.99. The summed E-state index contributed by atoms with van der Waals surface area (Å²) in [5.74, 6) is 0. The van der Waals surface area contributed by atoms with Gasteiger partial charge in [-0.15, -0.1) is 6.58 Å². The van der Waals surface area contributed by atoms with E-state index in [9.17, 15) is 0 Å². The molecule has 0 fully saturated rings. The molecule has 1 aromatic heterocycles. The summed E-state index contributed by atoms with van der Waals surface area (Å²) in [5, 5.41) is 0. The Balaban J connectivity index is 2.46. The van der Waals surface area contributed by atoms with Gasteiger partial charge in [-0.1, -0.05) is 60.8 Å². The summed E-state index contributed by atoms with van der Waals surface area (Å²) in [4.78, 5) is 5.01. The van der Waals surface area contributed by atoms with Gasteiger partial charge >= 0.3 is 0 Å². The fraction of sp³-hybridized carbons (Fsp3) is 0.296. The van der Waals surface area contributed by atoms with E-state index in [4.69, 9.17) is 4.98 Å². The molecule has 1 heterocycles. The maximum absolute atomic E-state index is 5.01. The first kappa shape index (κ1) is 22.2. The maximum atomic E-state index is 5.01. The number of allylic oxidation sites excluding steroid dienone is 1. The molecule has 3 heteroatoms. The Hall–Kier alpha value is -2.52. The predicted octanol–water partition coefficient (Wildman–Crippen LogP) is 7.63. The fourth-order valence-corrected chi connectivity index (χ4v) is 4.65. The van der Waals surface area contributed by atoms with Crippen LogP contribution < -0.4 is 4.72 Å². The maximum Gasteiger partial charge on any atom is 0.0761 e.